The maximum atomic E-state index is 13.1. The molecule has 2 amide bonds. The lowest BCUT2D eigenvalue weighted by molar-refractivity contribution is -0.143. The quantitative estimate of drug-likeness (QED) is 0.468. The minimum absolute atomic E-state index is 0.0153. The van der Waals surface area contributed by atoms with Gasteiger partial charge in [0.05, 0.1) is 24.6 Å². The van der Waals surface area contributed by atoms with Crippen molar-refractivity contribution in [3.63, 3.8) is 0 Å². The molecule has 10 heteroatoms. The van der Waals surface area contributed by atoms with E-state index < -0.39 is 16.1 Å². The van der Waals surface area contributed by atoms with E-state index in [2.05, 4.69) is 0 Å². The summed E-state index contributed by atoms with van der Waals surface area (Å²) < 4.78 is 37.4. The van der Waals surface area contributed by atoms with Crippen molar-refractivity contribution in [1.29, 1.82) is 0 Å². The first-order valence-electron chi connectivity index (χ1n) is 9.26. The van der Waals surface area contributed by atoms with Crippen LogP contribution in [-0.4, -0.2) is 40.7 Å². The zero-order chi connectivity index (χ0) is 21.9. The van der Waals surface area contributed by atoms with Gasteiger partial charge in [-0.3, -0.25) is 9.69 Å². The van der Waals surface area contributed by atoms with E-state index in [9.17, 15) is 18.0 Å². The first kappa shape index (κ1) is 21.9. The molecule has 1 aliphatic heterocycles. The number of ether oxygens (including phenoxy) is 2. The molecule has 0 saturated carbocycles. The SMILES string of the molecule is CCOC(=O)CCCOc1ccc2c(c1)N(C)C(=O)N(c1ccc(Cl)cc1)S2(=O)=O. The molecular weight excluding hydrogens is 432 g/mol. The van der Waals surface area contributed by atoms with Crippen LogP contribution >= 0.6 is 11.6 Å². The molecule has 0 unspecified atom stereocenters. The fraction of sp³-hybridized carbons (Fsp3) is 0.300. The van der Waals surface area contributed by atoms with Crippen molar-refractivity contribution in [3.05, 3.63) is 47.5 Å². The second-order valence-corrected chi connectivity index (χ2v) is 8.67. The van der Waals surface area contributed by atoms with E-state index in [4.69, 9.17) is 21.1 Å². The Morgan fingerprint density at radius 1 is 1.13 bits per heavy atom. The van der Waals surface area contributed by atoms with Crippen molar-refractivity contribution in [1.82, 2.24) is 0 Å². The Morgan fingerprint density at radius 3 is 2.50 bits per heavy atom. The third-order valence-corrected chi connectivity index (χ3v) is 6.43. The topological polar surface area (TPSA) is 93.2 Å². The average molecular weight is 453 g/mol. The summed E-state index contributed by atoms with van der Waals surface area (Å²) in [5.74, 6) is 0.0951. The third kappa shape index (κ3) is 4.36. The summed E-state index contributed by atoms with van der Waals surface area (Å²) in [6, 6.07) is 9.67. The fourth-order valence-electron chi connectivity index (χ4n) is 2.97. The van der Waals surface area contributed by atoms with Crippen LogP contribution in [0.3, 0.4) is 0 Å². The van der Waals surface area contributed by atoms with Gasteiger partial charge in [0.1, 0.15) is 10.6 Å². The fourth-order valence-corrected chi connectivity index (χ4v) is 4.72. The molecule has 0 spiro atoms. The average Bonchev–Trinajstić information content (AvgIpc) is 2.71. The first-order valence-corrected chi connectivity index (χ1v) is 11.1. The van der Waals surface area contributed by atoms with Gasteiger partial charge < -0.3 is 9.47 Å². The van der Waals surface area contributed by atoms with Gasteiger partial charge in [-0.05, 0) is 49.7 Å². The Kier molecular flexibility index (Phi) is 6.52. The Balaban J connectivity index is 1.82. The van der Waals surface area contributed by atoms with Crippen molar-refractivity contribution in [2.75, 3.05) is 29.5 Å². The molecule has 8 nitrogen and oxygen atoms in total. The van der Waals surface area contributed by atoms with E-state index in [1.807, 2.05) is 0 Å². The number of benzene rings is 2. The van der Waals surface area contributed by atoms with Gasteiger partial charge in [-0.15, -0.1) is 0 Å². The van der Waals surface area contributed by atoms with Crippen molar-refractivity contribution in [2.24, 2.45) is 0 Å². The van der Waals surface area contributed by atoms with Gasteiger partial charge >= 0.3 is 12.0 Å². The number of fused-ring (bicyclic) bond motifs is 1. The van der Waals surface area contributed by atoms with Crippen LogP contribution in [0.4, 0.5) is 16.2 Å². The largest absolute Gasteiger partial charge is 0.494 e. The molecule has 30 heavy (non-hydrogen) atoms. The Hall–Kier alpha value is -2.78. The molecule has 1 aliphatic rings. The summed E-state index contributed by atoms with van der Waals surface area (Å²) in [6.07, 6.45) is 0.676. The number of anilines is 2. The molecule has 1 heterocycles. The lowest BCUT2D eigenvalue weighted by atomic mass is 10.2. The Morgan fingerprint density at radius 2 is 1.83 bits per heavy atom. The molecule has 0 radical (unpaired) electrons. The van der Waals surface area contributed by atoms with E-state index in [0.29, 0.717) is 23.8 Å². The smallest absolute Gasteiger partial charge is 0.342 e. The highest BCUT2D eigenvalue weighted by molar-refractivity contribution is 7.94. The summed E-state index contributed by atoms with van der Waals surface area (Å²) in [6.45, 7) is 2.31. The van der Waals surface area contributed by atoms with E-state index in [0.717, 1.165) is 4.31 Å². The van der Waals surface area contributed by atoms with Crippen LogP contribution in [0.2, 0.25) is 5.02 Å². The summed E-state index contributed by atoms with van der Waals surface area (Å²) in [7, 11) is -2.62. The number of hydrogen-bond acceptors (Lipinski definition) is 6. The second kappa shape index (κ2) is 8.93. The molecule has 0 N–H and O–H groups in total. The number of sulfonamides is 1. The maximum absolute atomic E-state index is 13.1. The number of amides is 2. The molecule has 2 aromatic rings. The normalized spacial score (nSPS) is 15.0. The second-order valence-electron chi connectivity index (χ2n) is 6.47. The van der Waals surface area contributed by atoms with Crippen LogP contribution < -0.4 is 13.9 Å². The monoisotopic (exact) mass is 452 g/mol. The number of halogens is 1. The molecule has 0 aromatic heterocycles. The van der Waals surface area contributed by atoms with Gasteiger partial charge in [-0.2, -0.15) is 4.31 Å². The zero-order valence-electron chi connectivity index (χ0n) is 16.5. The number of carbonyl (C=O) groups is 2. The van der Waals surface area contributed by atoms with Crippen molar-refractivity contribution < 1.29 is 27.5 Å². The summed E-state index contributed by atoms with van der Waals surface area (Å²) >= 11 is 5.87. The van der Waals surface area contributed by atoms with Gasteiger partial charge in [0, 0.05) is 24.6 Å². The number of esters is 1. The molecular formula is C20H21ClN2O6S. The molecule has 0 fully saturated rings. The number of urea groups is 1. The van der Waals surface area contributed by atoms with Gasteiger partial charge in [-0.1, -0.05) is 11.6 Å². The molecule has 0 saturated heterocycles. The molecule has 3 rings (SSSR count). The zero-order valence-corrected chi connectivity index (χ0v) is 18.1. The van der Waals surface area contributed by atoms with Gasteiger partial charge in [0.2, 0.25) is 0 Å². The van der Waals surface area contributed by atoms with E-state index >= 15 is 0 Å². The lowest BCUT2D eigenvalue weighted by Crippen LogP contribution is -2.49. The number of carbonyl (C=O) groups excluding carboxylic acids is 2. The van der Waals surface area contributed by atoms with Crippen molar-refractivity contribution >= 4 is 45.0 Å². The van der Waals surface area contributed by atoms with Crippen molar-refractivity contribution in [3.8, 4) is 5.75 Å². The first-order chi connectivity index (χ1) is 14.3. The number of hydrogen-bond donors (Lipinski definition) is 0. The van der Waals surface area contributed by atoms with E-state index in [1.165, 1.54) is 54.4 Å². The standard InChI is InChI=1S/C20H21ClN2O6S/c1-3-28-19(24)5-4-12-29-16-10-11-18-17(13-16)22(2)20(25)23(30(18,26)27)15-8-6-14(21)7-9-15/h6-11,13H,3-5,12H2,1-2H3. The third-order valence-electron chi connectivity index (χ3n) is 4.43. The number of nitrogens with zero attached hydrogens (tertiary/aromatic N) is 2. The van der Waals surface area contributed by atoms with E-state index in [1.54, 1.807) is 6.92 Å². The minimum atomic E-state index is -4.11. The minimum Gasteiger partial charge on any atom is -0.494 e. The Labute approximate surface area is 180 Å². The van der Waals surface area contributed by atoms with Crippen LogP contribution in [0, 0.1) is 0 Å². The highest BCUT2D eigenvalue weighted by Crippen LogP contribution is 2.38. The molecule has 0 bridgehead atoms. The summed E-state index contributed by atoms with van der Waals surface area (Å²) in [5.41, 5.74) is 0.411. The highest BCUT2D eigenvalue weighted by atomic mass is 35.5. The van der Waals surface area contributed by atoms with Crippen LogP contribution in [0.1, 0.15) is 19.8 Å². The van der Waals surface area contributed by atoms with Crippen LogP contribution in [0.15, 0.2) is 47.4 Å². The highest BCUT2D eigenvalue weighted by Gasteiger charge is 2.41. The predicted octanol–water partition coefficient (Wildman–Crippen LogP) is 3.83. The van der Waals surface area contributed by atoms with Crippen molar-refractivity contribution in [2.45, 2.75) is 24.7 Å². The van der Waals surface area contributed by atoms with Gasteiger partial charge in [-0.25, -0.2) is 13.2 Å². The Bertz CT molecular complexity index is 1060. The molecule has 2 aromatic carbocycles. The maximum Gasteiger partial charge on any atom is 0.342 e. The van der Waals surface area contributed by atoms with Crippen LogP contribution in [-0.2, 0) is 19.6 Å². The van der Waals surface area contributed by atoms with Gasteiger partial charge in [0.15, 0.2) is 0 Å². The number of rotatable bonds is 7. The van der Waals surface area contributed by atoms with Gasteiger partial charge in [0.25, 0.3) is 10.0 Å². The summed E-state index contributed by atoms with van der Waals surface area (Å²) in [4.78, 5) is 25.4. The van der Waals surface area contributed by atoms with Crippen LogP contribution in [0.5, 0.6) is 5.75 Å². The van der Waals surface area contributed by atoms with Crippen LogP contribution in [0.25, 0.3) is 0 Å². The molecule has 0 aliphatic carbocycles. The summed E-state index contributed by atoms with van der Waals surface area (Å²) in [5, 5.41) is 0.430. The predicted molar refractivity (Wildman–Crippen MR) is 113 cm³/mol. The molecule has 160 valence electrons. The molecule has 0 atom stereocenters. The lowest BCUT2D eigenvalue weighted by Gasteiger charge is -2.34. The van der Waals surface area contributed by atoms with E-state index in [-0.39, 0.29) is 35.3 Å².